The van der Waals surface area contributed by atoms with E-state index in [1.165, 1.54) is 0 Å². The van der Waals surface area contributed by atoms with Gasteiger partial charge in [0.15, 0.2) is 0 Å². The second-order valence-corrected chi connectivity index (χ2v) is 6.49. The summed E-state index contributed by atoms with van der Waals surface area (Å²) in [6.45, 7) is 2.96. The monoisotopic (exact) mass is 310 g/mol. The summed E-state index contributed by atoms with van der Waals surface area (Å²) in [6.07, 6.45) is 6.36. The van der Waals surface area contributed by atoms with E-state index in [1.807, 2.05) is 47.4 Å². The van der Waals surface area contributed by atoms with Crippen LogP contribution in [0.4, 0.5) is 0 Å². The standard InChI is InChI=1S/C18H22N4O/c23-18(21-9-8-15-11-19-12-17(15)21)7-6-14-10-20-22(13-14)16-4-2-1-3-5-16/h1-5,10,13,15,17,19H,6-9,11-12H2/t15-,17+/m1/s1. The van der Waals surface area contributed by atoms with E-state index in [4.69, 9.17) is 0 Å². The number of nitrogens with zero attached hydrogens (tertiary/aromatic N) is 3. The number of benzene rings is 1. The Hall–Kier alpha value is -2.14. The fourth-order valence-corrected chi connectivity index (χ4v) is 3.76. The molecule has 120 valence electrons. The summed E-state index contributed by atoms with van der Waals surface area (Å²) in [5.74, 6) is 0.952. The van der Waals surface area contributed by atoms with Gasteiger partial charge < -0.3 is 10.2 Å². The zero-order chi connectivity index (χ0) is 15.6. The maximum Gasteiger partial charge on any atom is 0.223 e. The van der Waals surface area contributed by atoms with Crippen molar-refractivity contribution in [3.8, 4) is 5.69 Å². The molecule has 2 fully saturated rings. The molecule has 0 aliphatic carbocycles. The molecule has 2 aliphatic rings. The van der Waals surface area contributed by atoms with Crippen molar-refractivity contribution in [2.75, 3.05) is 19.6 Å². The van der Waals surface area contributed by atoms with Gasteiger partial charge in [0.2, 0.25) is 5.91 Å². The molecule has 1 N–H and O–H groups in total. The Morgan fingerprint density at radius 1 is 1.26 bits per heavy atom. The second kappa shape index (κ2) is 6.16. The SMILES string of the molecule is O=C(CCc1cnn(-c2ccccc2)c1)N1CC[C@@H]2CNC[C@@H]21. The van der Waals surface area contributed by atoms with Crippen molar-refractivity contribution in [3.63, 3.8) is 0 Å². The molecule has 1 aromatic carbocycles. The summed E-state index contributed by atoms with van der Waals surface area (Å²) < 4.78 is 1.87. The lowest BCUT2D eigenvalue weighted by Gasteiger charge is -2.23. The zero-order valence-corrected chi connectivity index (χ0v) is 13.2. The number of hydrogen-bond donors (Lipinski definition) is 1. The smallest absolute Gasteiger partial charge is 0.223 e. The zero-order valence-electron chi connectivity index (χ0n) is 13.2. The van der Waals surface area contributed by atoms with E-state index in [0.717, 1.165) is 43.7 Å². The quantitative estimate of drug-likeness (QED) is 0.934. The van der Waals surface area contributed by atoms with E-state index >= 15 is 0 Å². The highest BCUT2D eigenvalue weighted by molar-refractivity contribution is 5.77. The summed E-state index contributed by atoms with van der Waals surface area (Å²) in [5.41, 5.74) is 2.16. The number of para-hydroxylation sites is 1. The van der Waals surface area contributed by atoms with Crippen LogP contribution < -0.4 is 5.32 Å². The third kappa shape index (κ3) is 2.88. The first-order valence-corrected chi connectivity index (χ1v) is 8.40. The number of hydrogen-bond acceptors (Lipinski definition) is 3. The molecule has 0 bridgehead atoms. The first kappa shape index (κ1) is 14.5. The van der Waals surface area contributed by atoms with Gasteiger partial charge in [-0.2, -0.15) is 5.10 Å². The minimum atomic E-state index is 0.286. The van der Waals surface area contributed by atoms with Gasteiger partial charge in [-0.3, -0.25) is 4.79 Å². The van der Waals surface area contributed by atoms with Crippen molar-refractivity contribution in [1.29, 1.82) is 0 Å². The topological polar surface area (TPSA) is 50.2 Å². The van der Waals surface area contributed by atoms with Crippen LogP contribution in [0.2, 0.25) is 0 Å². The van der Waals surface area contributed by atoms with Crippen LogP contribution in [0.1, 0.15) is 18.4 Å². The average Bonchev–Trinajstić information content (AvgIpc) is 3.29. The lowest BCUT2D eigenvalue weighted by atomic mass is 10.0. The number of likely N-dealkylation sites (tertiary alicyclic amines) is 1. The van der Waals surface area contributed by atoms with Crippen LogP contribution in [0.5, 0.6) is 0 Å². The van der Waals surface area contributed by atoms with Crippen LogP contribution in [0.25, 0.3) is 5.69 Å². The van der Waals surface area contributed by atoms with E-state index in [9.17, 15) is 4.79 Å². The van der Waals surface area contributed by atoms with E-state index in [0.29, 0.717) is 18.4 Å². The van der Waals surface area contributed by atoms with Crippen LogP contribution >= 0.6 is 0 Å². The highest BCUT2D eigenvalue weighted by Crippen LogP contribution is 2.27. The molecule has 4 rings (SSSR count). The van der Waals surface area contributed by atoms with E-state index in [-0.39, 0.29) is 5.91 Å². The van der Waals surface area contributed by atoms with E-state index in [2.05, 4.69) is 15.3 Å². The molecule has 5 nitrogen and oxygen atoms in total. The fourth-order valence-electron chi connectivity index (χ4n) is 3.76. The Labute approximate surface area is 136 Å². The second-order valence-electron chi connectivity index (χ2n) is 6.49. The molecule has 1 aromatic heterocycles. The molecule has 2 saturated heterocycles. The number of nitrogens with one attached hydrogen (secondary N) is 1. The first-order valence-electron chi connectivity index (χ1n) is 8.40. The molecule has 2 aromatic rings. The summed E-state index contributed by atoms with van der Waals surface area (Å²) in [5, 5.41) is 7.79. The number of amides is 1. The average molecular weight is 310 g/mol. The lowest BCUT2D eigenvalue weighted by Crippen LogP contribution is -2.39. The Balaban J connectivity index is 1.36. The van der Waals surface area contributed by atoms with Gasteiger partial charge >= 0.3 is 0 Å². The Morgan fingerprint density at radius 3 is 3.00 bits per heavy atom. The number of aryl methyl sites for hydroxylation is 1. The number of carbonyl (C=O) groups is 1. The van der Waals surface area contributed by atoms with Crippen molar-refractivity contribution >= 4 is 5.91 Å². The maximum atomic E-state index is 12.5. The molecule has 2 aliphatic heterocycles. The minimum Gasteiger partial charge on any atom is -0.338 e. The molecule has 2 atom stereocenters. The third-order valence-corrected chi connectivity index (χ3v) is 5.05. The number of rotatable bonds is 4. The Morgan fingerprint density at radius 2 is 2.13 bits per heavy atom. The molecule has 3 heterocycles. The summed E-state index contributed by atoms with van der Waals surface area (Å²) in [6, 6.07) is 10.5. The summed E-state index contributed by atoms with van der Waals surface area (Å²) >= 11 is 0. The molecule has 0 unspecified atom stereocenters. The predicted octanol–water partition coefficient (Wildman–Crippen LogP) is 1.63. The van der Waals surface area contributed by atoms with Gasteiger partial charge in [0.1, 0.15) is 0 Å². The first-order chi connectivity index (χ1) is 11.3. The summed E-state index contributed by atoms with van der Waals surface area (Å²) in [7, 11) is 0. The third-order valence-electron chi connectivity index (χ3n) is 5.05. The van der Waals surface area contributed by atoms with Gasteiger partial charge in [-0.15, -0.1) is 0 Å². The molecule has 1 amide bonds. The number of aromatic nitrogens is 2. The maximum absolute atomic E-state index is 12.5. The Bertz CT molecular complexity index is 681. The molecule has 0 saturated carbocycles. The van der Waals surface area contributed by atoms with Crippen molar-refractivity contribution in [1.82, 2.24) is 20.0 Å². The summed E-state index contributed by atoms with van der Waals surface area (Å²) in [4.78, 5) is 14.6. The predicted molar refractivity (Wildman–Crippen MR) is 88.4 cm³/mol. The van der Waals surface area contributed by atoms with Gasteiger partial charge in [-0.05, 0) is 36.5 Å². The highest BCUT2D eigenvalue weighted by Gasteiger charge is 2.39. The number of carbonyl (C=O) groups excluding carboxylic acids is 1. The number of fused-ring (bicyclic) bond motifs is 1. The van der Waals surface area contributed by atoms with Crippen LogP contribution in [-0.4, -0.2) is 46.3 Å². The normalized spacial score (nSPS) is 23.2. The van der Waals surface area contributed by atoms with Crippen molar-refractivity contribution in [2.45, 2.75) is 25.3 Å². The molecule has 0 spiro atoms. The lowest BCUT2D eigenvalue weighted by molar-refractivity contribution is -0.131. The van der Waals surface area contributed by atoms with Crippen LogP contribution in [0, 0.1) is 5.92 Å². The van der Waals surface area contributed by atoms with Crippen LogP contribution in [-0.2, 0) is 11.2 Å². The molecular formula is C18H22N4O. The fraction of sp³-hybridized carbons (Fsp3) is 0.444. The van der Waals surface area contributed by atoms with Crippen molar-refractivity contribution in [2.24, 2.45) is 5.92 Å². The molecule has 5 heteroatoms. The molecule has 23 heavy (non-hydrogen) atoms. The van der Waals surface area contributed by atoms with Gasteiger partial charge in [0.25, 0.3) is 0 Å². The van der Waals surface area contributed by atoms with Crippen LogP contribution in [0.3, 0.4) is 0 Å². The van der Waals surface area contributed by atoms with Gasteiger partial charge in [0.05, 0.1) is 11.9 Å². The molecular weight excluding hydrogens is 288 g/mol. The van der Waals surface area contributed by atoms with Crippen molar-refractivity contribution < 1.29 is 4.79 Å². The van der Waals surface area contributed by atoms with Crippen molar-refractivity contribution in [3.05, 3.63) is 48.3 Å². The minimum absolute atomic E-state index is 0.286. The highest BCUT2D eigenvalue weighted by atomic mass is 16.2. The van der Waals surface area contributed by atoms with E-state index in [1.54, 1.807) is 0 Å². The van der Waals surface area contributed by atoms with Gasteiger partial charge in [-0.1, -0.05) is 18.2 Å². The largest absolute Gasteiger partial charge is 0.338 e. The van der Waals surface area contributed by atoms with Gasteiger partial charge in [0, 0.05) is 38.3 Å². The van der Waals surface area contributed by atoms with Crippen LogP contribution in [0.15, 0.2) is 42.7 Å². The van der Waals surface area contributed by atoms with Gasteiger partial charge in [-0.25, -0.2) is 4.68 Å². The Kier molecular flexibility index (Phi) is 3.87. The van der Waals surface area contributed by atoms with E-state index < -0.39 is 0 Å². The molecule has 0 radical (unpaired) electrons.